The highest BCUT2D eigenvalue weighted by atomic mass is 32.2. The van der Waals surface area contributed by atoms with E-state index in [1.165, 1.54) is 10.5 Å². The summed E-state index contributed by atoms with van der Waals surface area (Å²) in [5, 5.41) is 3.03. The Bertz CT molecular complexity index is 956. The molecule has 0 aliphatic heterocycles. The van der Waals surface area contributed by atoms with Gasteiger partial charge < -0.3 is 10.1 Å². The number of amides is 1. The van der Waals surface area contributed by atoms with Crippen molar-refractivity contribution < 1.29 is 9.53 Å². The standard InChI is InChI=1S/C25H27NO2S/c1-4-24(28-21-10-8-9-18(2)15-21)25(27)26-23-14-13-20(16-19(23)3)17-29-22-11-6-5-7-12-22/h5-16,24H,4,17H2,1-3H3,(H,26,27). The van der Waals surface area contributed by atoms with Crippen LogP contribution < -0.4 is 10.1 Å². The van der Waals surface area contributed by atoms with E-state index in [4.69, 9.17) is 4.74 Å². The van der Waals surface area contributed by atoms with Crippen molar-refractivity contribution in [2.24, 2.45) is 0 Å². The van der Waals surface area contributed by atoms with Crippen LogP contribution in [0.2, 0.25) is 0 Å². The highest BCUT2D eigenvalue weighted by Gasteiger charge is 2.19. The predicted octanol–water partition coefficient (Wildman–Crippen LogP) is 6.39. The monoisotopic (exact) mass is 405 g/mol. The van der Waals surface area contributed by atoms with Crippen molar-refractivity contribution in [3.63, 3.8) is 0 Å². The molecule has 0 bridgehead atoms. The number of ether oxygens (including phenoxy) is 1. The van der Waals surface area contributed by atoms with Gasteiger partial charge >= 0.3 is 0 Å². The average Bonchev–Trinajstić information content (AvgIpc) is 2.73. The van der Waals surface area contributed by atoms with Crippen molar-refractivity contribution in [2.45, 2.75) is 43.9 Å². The molecule has 1 atom stereocenters. The Labute approximate surface area is 177 Å². The van der Waals surface area contributed by atoms with E-state index in [2.05, 4.69) is 41.7 Å². The van der Waals surface area contributed by atoms with Gasteiger partial charge in [0, 0.05) is 16.3 Å². The number of aryl methyl sites for hydroxylation is 2. The van der Waals surface area contributed by atoms with E-state index in [-0.39, 0.29) is 5.91 Å². The molecule has 0 saturated heterocycles. The smallest absolute Gasteiger partial charge is 0.265 e. The third kappa shape index (κ3) is 6.13. The quantitative estimate of drug-likeness (QED) is 0.441. The van der Waals surface area contributed by atoms with Crippen LogP contribution in [0.4, 0.5) is 5.69 Å². The predicted molar refractivity (Wildman–Crippen MR) is 122 cm³/mol. The van der Waals surface area contributed by atoms with Crippen molar-refractivity contribution >= 4 is 23.4 Å². The number of rotatable bonds is 8. The second-order valence-corrected chi connectivity index (χ2v) is 8.12. The Morgan fingerprint density at radius 3 is 2.48 bits per heavy atom. The normalized spacial score (nSPS) is 11.7. The van der Waals surface area contributed by atoms with Crippen molar-refractivity contribution in [2.75, 3.05) is 5.32 Å². The lowest BCUT2D eigenvalue weighted by molar-refractivity contribution is -0.122. The molecule has 0 aliphatic carbocycles. The molecule has 4 heteroatoms. The molecule has 1 unspecified atom stereocenters. The first-order valence-electron chi connectivity index (χ1n) is 9.86. The molecular formula is C25H27NO2S. The Morgan fingerprint density at radius 1 is 1.00 bits per heavy atom. The lowest BCUT2D eigenvalue weighted by atomic mass is 10.1. The first-order valence-corrected chi connectivity index (χ1v) is 10.9. The minimum Gasteiger partial charge on any atom is -0.481 e. The van der Waals surface area contributed by atoms with Crippen molar-refractivity contribution in [1.82, 2.24) is 0 Å². The van der Waals surface area contributed by atoms with Gasteiger partial charge in [0.2, 0.25) is 0 Å². The molecule has 0 spiro atoms. The molecule has 0 heterocycles. The fraction of sp³-hybridized carbons (Fsp3) is 0.240. The average molecular weight is 406 g/mol. The number of benzene rings is 3. The summed E-state index contributed by atoms with van der Waals surface area (Å²) >= 11 is 1.81. The first kappa shape index (κ1) is 21.0. The van der Waals surface area contributed by atoms with Gasteiger partial charge in [0.1, 0.15) is 5.75 Å². The minimum atomic E-state index is -0.524. The first-order chi connectivity index (χ1) is 14.0. The van der Waals surface area contributed by atoms with Crippen molar-refractivity contribution in [3.05, 3.63) is 89.5 Å². The number of carbonyl (C=O) groups is 1. The molecule has 1 N–H and O–H groups in total. The van der Waals surface area contributed by atoms with Crippen LogP contribution in [0.5, 0.6) is 5.75 Å². The second kappa shape index (κ2) is 10.2. The number of nitrogens with one attached hydrogen (secondary N) is 1. The van der Waals surface area contributed by atoms with Crippen LogP contribution in [-0.2, 0) is 10.5 Å². The van der Waals surface area contributed by atoms with Gasteiger partial charge in [-0.15, -0.1) is 11.8 Å². The van der Waals surface area contributed by atoms with E-state index in [0.29, 0.717) is 6.42 Å². The third-order valence-corrected chi connectivity index (χ3v) is 5.71. The summed E-state index contributed by atoms with van der Waals surface area (Å²) < 4.78 is 5.91. The molecule has 29 heavy (non-hydrogen) atoms. The second-order valence-electron chi connectivity index (χ2n) is 7.07. The van der Waals surface area contributed by atoms with E-state index in [1.54, 1.807) is 11.8 Å². The molecule has 0 fully saturated rings. The van der Waals surface area contributed by atoms with Gasteiger partial charge in [0.25, 0.3) is 5.91 Å². The molecule has 0 radical (unpaired) electrons. The van der Waals surface area contributed by atoms with Crippen molar-refractivity contribution in [3.8, 4) is 5.75 Å². The molecule has 1 amide bonds. The Hall–Kier alpha value is -2.72. The zero-order valence-electron chi connectivity index (χ0n) is 17.1. The lowest BCUT2D eigenvalue weighted by Gasteiger charge is -2.18. The molecule has 0 aliphatic rings. The number of carbonyl (C=O) groups excluding carboxylic acids is 1. The largest absolute Gasteiger partial charge is 0.481 e. The zero-order valence-corrected chi connectivity index (χ0v) is 18.0. The highest BCUT2D eigenvalue weighted by Crippen LogP contribution is 2.25. The van der Waals surface area contributed by atoms with Gasteiger partial charge in [-0.25, -0.2) is 0 Å². The van der Waals surface area contributed by atoms with Gasteiger partial charge in [-0.05, 0) is 67.3 Å². The molecular weight excluding hydrogens is 378 g/mol. The number of thioether (sulfide) groups is 1. The fourth-order valence-electron chi connectivity index (χ4n) is 3.03. The molecule has 3 aromatic rings. The number of hydrogen-bond donors (Lipinski definition) is 1. The maximum Gasteiger partial charge on any atom is 0.265 e. The summed E-state index contributed by atoms with van der Waals surface area (Å²) in [6.45, 7) is 5.99. The molecule has 3 aromatic carbocycles. The molecule has 0 saturated carbocycles. The molecule has 0 aromatic heterocycles. The van der Waals surface area contributed by atoms with Crippen LogP contribution in [0.1, 0.15) is 30.0 Å². The maximum absolute atomic E-state index is 12.7. The lowest BCUT2D eigenvalue weighted by Crippen LogP contribution is -2.32. The van der Waals surface area contributed by atoms with Gasteiger partial charge in [0.15, 0.2) is 6.10 Å². The van der Waals surface area contributed by atoms with Crippen LogP contribution in [0.25, 0.3) is 0 Å². The fourth-order valence-corrected chi connectivity index (χ4v) is 3.89. The van der Waals surface area contributed by atoms with Crippen LogP contribution in [0.15, 0.2) is 77.7 Å². The zero-order chi connectivity index (χ0) is 20.6. The summed E-state index contributed by atoms with van der Waals surface area (Å²) in [5.74, 6) is 1.49. The molecule has 3 rings (SSSR count). The van der Waals surface area contributed by atoms with E-state index < -0.39 is 6.10 Å². The Morgan fingerprint density at radius 2 is 1.79 bits per heavy atom. The summed E-state index contributed by atoms with van der Waals surface area (Å²) in [5.41, 5.74) is 4.22. The maximum atomic E-state index is 12.7. The number of anilines is 1. The summed E-state index contributed by atoms with van der Waals surface area (Å²) in [6, 6.07) is 24.3. The topological polar surface area (TPSA) is 38.3 Å². The van der Waals surface area contributed by atoms with E-state index in [9.17, 15) is 4.79 Å². The van der Waals surface area contributed by atoms with Gasteiger partial charge in [-0.2, -0.15) is 0 Å². The third-order valence-electron chi connectivity index (χ3n) is 4.63. The Balaban J connectivity index is 1.61. The van der Waals surface area contributed by atoms with Gasteiger partial charge in [-0.1, -0.05) is 49.4 Å². The van der Waals surface area contributed by atoms with Crippen LogP contribution in [-0.4, -0.2) is 12.0 Å². The van der Waals surface area contributed by atoms with E-state index in [1.807, 2.05) is 57.2 Å². The van der Waals surface area contributed by atoms with E-state index >= 15 is 0 Å². The van der Waals surface area contributed by atoms with Crippen molar-refractivity contribution in [1.29, 1.82) is 0 Å². The van der Waals surface area contributed by atoms with Gasteiger partial charge in [-0.3, -0.25) is 4.79 Å². The molecule has 3 nitrogen and oxygen atoms in total. The minimum absolute atomic E-state index is 0.122. The summed E-state index contributed by atoms with van der Waals surface area (Å²) in [4.78, 5) is 14.0. The van der Waals surface area contributed by atoms with Crippen LogP contribution in [0.3, 0.4) is 0 Å². The Kier molecular flexibility index (Phi) is 7.36. The van der Waals surface area contributed by atoms with E-state index in [0.717, 1.165) is 28.3 Å². The van der Waals surface area contributed by atoms with Crippen LogP contribution in [0, 0.1) is 13.8 Å². The van der Waals surface area contributed by atoms with Crippen LogP contribution >= 0.6 is 11.8 Å². The number of hydrogen-bond acceptors (Lipinski definition) is 3. The highest BCUT2D eigenvalue weighted by molar-refractivity contribution is 7.98. The summed E-state index contributed by atoms with van der Waals surface area (Å²) in [7, 11) is 0. The SMILES string of the molecule is CCC(Oc1cccc(C)c1)C(=O)Nc1ccc(CSc2ccccc2)cc1C. The summed E-state index contributed by atoms with van der Waals surface area (Å²) in [6.07, 6.45) is 0.0782. The van der Waals surface area contributed by atoms with Gasteiger partial charge in [0.05, 0.1) is 0 Å². The molecule has 150 valence electrons.